The fourth-order valence-electron chi connectivity index (χ4n) is 3.79. The fourth-order valence-corrected chi connectivity index (χ4v) is 6.33. The van der Waals surface area contributed by atoms with Crippen LogP contribution < -0.4 is 10.6 Å². The zero-order chi connectivity index (χ0) is 25.2. The van der Waals surface area contributed by atoms with Gasteiger partial charge in [0.15, 0.2) is 0 Å². The minimum atomic E-state index is -0.961. The molecule has 0 radical (unpaired) electrons. The molecule has 4 atom stereocenters. The third-order valence-electron chi connectivity index (χ3n) is 5.42. The molecule has 184 valence electrons. The molecule has 0 saturated carbocycles. The Balaban J connectivity index is 2.06. The van der Waals surface area contributed by atoms with Crippen LogP contribution in [0.25, 0.3) is 0 Å². The summed E-state index contributed by atoms with van der Waals surface area (Å²) in [6, 6.07) is 2.73. The standard InChI is InChI=1S/C22H27N3O7S2/c1-10(2)16(22(30)31-5)24-18(28)17-13(9-32-12(4)27)19(23-11(3)26)34-21-15(20(29)25(17)21)14-7-6-8-33-14/h6-8,10,15-16,19,21H,9H2,1-5H3,(H,23,26)(H,24,28)/t15-,16?,19?,21-/m1/s1. The number of nitrogens with one attached hydrogen (secondary N) is 2. The molecule has 1 aromatic rings. The van der Waals surface area contributed by atoms with Gasteiger partial charge in [-0.2, -0.15) is 0 Å². The topological polar surface area (TPSA) is 131 Å². The summed E-state index contributed by atoms with van der Waals surface area (Å²) in [7, 11) is 1.22. The van der Waals surface area contributed by atoms with Gasteiger partial charge in [-0.3, -0.25) is 24.1 Å². The molecule has 1 aromatic heterocycles. The number of nitrogens with zero attached hydrogens (tertiary/aromatic N) is 1. The van der Waals surface area contributed by atoms with E-state index >= 15 is 0 Å². The van der Waals surface area contributed by atoms with Gasteiger partial charge in [0.25, 0.3) is 5.91 Å². The van der Waals surface area contributed by atoms with Crippen LogP contribution >= 0.6 is 23.1 Å². The number of carbonyl (C=O) groups is 5. The van der Waals surface area contributed by atoms with Gasteiger partial charge >= 0.3 is 11.9 Å². The van der Waals surface area contributed by atoms with Crippen molar-refractivity contribution >= 4 is 52.8 Å². The Labute approximate surface area is 205 Å². The minimum absolute atomic E-state index is 0.0314. The number of rotatable bonds is 8. The highest BCUT2D eigenvalue weighted by molar-refractivity contribution is 8.00. The van der Waals surface area contributed by atoms with E-state index < -0.39 is 40.6 Å². The lowest BCUT2D eigenvalue weighted by Gasteiger charge is -2.51. The van der Waals surface area contributed by atoms with Gasteiger partial charge in [0.1, 0.15) is 35.0 Å². The number of fused-ring (bicyclic) bond motifs is 1. The smallest absolute Gasteiger partial charge is 0.328 e. The molecule has 2 aliphatic rings. The van der Waals surface area contributed by atoms with Crippen LogP contribution in [0.5, 0.6) is 0 Å². The van der Waals surface area contributed by atoms with Crippen LogP contribution in [0.15, 0.2) is 28.8 Å². The molecule has 0 aliphatic carbocycles. The van der Waals surface area contributed by atoms with Gasteiger partial charge in [-0.05, 0) is 17.4 Å². The van der Waals surface area contributed by atoms with Gasteiger partial charge in [-0.25, -0.2) is 4.79 Å². The molecule has 0 bridgehead atoms. The number of ether oxygens (including phenoxy) is 2. The first-order valence-electron chi connectivity index (χ1n) is 10.6. The van der Waals surface area contributed by atoms with E-state index in [1.807, 2.05) is 17.5 Å². The van der Waals surface area contributed by atoms with Crippen LogP contribution in [-0.2, 0) is 33.4 Å². The molecule has 10 nitrogen and oxygen atoms in total. The third-order valence-corrected chi connectivity index (χ3v) is 7.81. The molecule has 3 amide bonds. The van der Waals surface area contributed by atoms with Crippen molar-refractivity contribution in [1.82, 2.24) is 15.5 Å². The average Bonchev–Trinajstić information content (AvgIpc) is 3.28. The molecule has 2 aliphatic heterocycles. The highest BCUT2D eigenvalue weighted by Gasteiger charge is 2.56. The van der Waals surface area contributed by atoms with E-state index in [4.69, 9.17) is 9.47 Å². The van der Waals surface area contributed by atoms with Crippen LogP contribution in [0, 0.1) is 5.92 Å². The van der Waals surface area contributed by atoms with Crippen LogP contribution in [0.2, 0.25) is 0 Å². The van der Waals surface area contributed by atoms with E-state index in [2.05, 4.69) is 10.6 Å². The molecule has 1 saturated heterocycles. The van der Waals surface area contributed by atoms with Crippen molar-refractivity contribution in [3.8, 4) is 0 Å². The predicted molar refractivity (Wildman–Crippen MR) is 125 cm³/mol. The van der Waals surface area contributed by atoms with Crippen molar-refractivity contribution in [3.05, 3.63) is 33.7 Å². The Morgan fingerprint density at radius 2 is 1.91 bits per heavy atom. The Kier molecular flexibility index (Phi) is 8.03. The Morgan fingerprint density at radius 3 is 2.44 bits per heavy atom. The molecule has 3 rings (SSSR count). The third kappa shape index (κ3) is 5.12. The normalized spacial score (nSPS) is 22.5. The van der Waals surface area contributed by atoms with E-state index in [1.165, 1.54) is 49.0 Å². The maximum Gasteiger partial charge on any atom is 0.328 e. The quantitative estimate of drug-likeness (QED) is 0.397. The molecule has 34 heavy (non-hydrogen) atoms. The molecular formula is C22H27N3O7S2. The number of hydrogen-bond acceptors (Lipinski definition) is 9. The monoisotopic (exact) mass is 509 g/mol. The van der Waals surface area contributed by atoms with E-state index in [-0.39, 0.29) is 35.6 Å². The molecular weight excluding hydrogens is 482 g/mol. The molecule has 2 unspecified atom stereocenters. The lowest BCUT2D eigenvalue weighted by molar-refractivity contribution is -0.147. The zero-order valence-electron chi connectivity index (χ0n) is 19.4. The van der Waals surface area contributed by atoms with Crippen molar-refractivity contribution in [1.29, 1.82) is 0 Å². The molecule has 2 N–H and O–H groups in total. The first-order chi connectivity index (χ1) is 16.1. The molecule has 0 aromatic carbocycles. The Bertz CT molecular complexity index is 1020. The SMILES string of the molecule is COC(=O)C(NC(=O)C1=C(COC(C)=O)C(NC(C)=O)S[C@@H]2[C@H](c3cccs3)C(=O)N12)C(C)C. The lowest BCUT2D eigenvalue weighted by Crippen LogP contribution is -2.63. The van der Waals surface area contributed by atoms with E-state index in [0.29, 0.717) is 0 Å². The van der Waals surface area contributed by atoms with Gasteiger partial charge in [-0.15, -0.1) is 23.1 Å². The van der Waals surface area contributed by atoms with Gasteiger partial charge in [-0.1, -0.05) is 19.9 Å². The first-order valence-corrected chi connectivity index (χ1v) is 12.4. The number of amides is 3. The number of β-lactam (4-membered cyclic amide) rings is 1. The zero-order valence-corrected chi connectivity index (χ0v) is 21.1. The summed E-state index contributed by atoms with van der Waals surface area (Å²) in [5, 5.41) is 6.13. The summed E-state index contributed by atoms with van der Waals surface area (Å²) in [5.41, 5.74) is 0.227. The van der Waals surface area contributed by atoms with Crippen molar-refractivity contribution in [2.45, 2.75) is 50.4 Å². The number of esters is 2. The van der Waals surface area contributed by atoms with Gasteiger partial charge < -0.3 is 20.1 Å². The Morgan fingerprint density at radius 1 is 1.21 bits per heavy atom. The summed E-state index contributed by atoms with van der Waals surface area (Å²) in [6.07, 6.45) is 0. The van der Waals surface area contributed by atoms with Crippen molar-refractivity contribution in [2.75, 3.05) is 13.7 Å². The maximum atomic E-state index is 13.5. The molecule has 12 heteroatoms. The fraction of sp³-hybridized carbons (Fsp3) is 0.500. The van der Waals surface area contributed by atoms with Crippen LogP contribution in [-0.4, -0.2) is 65.1 Å². The number of carbonyl (C=O) groups excluding carboxylic acids is 5. The van der Waals surface area contributed by atoms with Gasteiger partial charge in [0.05, 0.1) is 7.11 Å². The second-order valence-electron chi connectivity index (χ2n) is 8.18. The van der Waals surface area contributed by atoms with E-state index in [9.17, 15) is 24.0 Å². The largest absolute Gasteiger partial charge is 0.467 e. The summed E-state index contributed by atoms with van der Waals surface area (Å²) >= 11 is 2.73. The van der Waals surface area contributed by atoms with E-state index in [1.54, 1.807) is 13.8 Å². The minimum Gasteiger partial charge on any atom is -0.467 e. The molecule has 3 heterocycles. The summed E-state index contributed by atoms with van der Waals surface area (Å²) in [6.45, 7) is 5.75. The highest BCUT2D eigenvalue weighted by Crippen LogP contribution is 2.51. The van der Waals surface area contributed by atoms with Gasteiger partial charge in [0, 0.05) is 24.3 Å². The first kappa shape index (κ1) is 25.8. The van der Waals surface area contributed by atoms with E-state index in [0.717, 1.165) is 4.88 Å². The predicted octanol–water partition coefficient (Wildman–Crippen LogP) is 1.34. The van der Waals surface area contributed by atoms with Crippen molar-refractivity contribution in [3.63, 3.8) is 0 Å². The highest BCUT2D eigenvalue weighted by atomic mass is 32.2. The lowest BCUT2D eigenvalue weighted by atomic mass is 9.93. The number of thiophene rings is 1. The number of methoxy groups -OCH3 is 1. The molecule has 1 fully saturated rings. The second-order valence-corrected chi connectivity index (χ2v) is 10.4. The van der Waals surface area contributed by atoms with Crippen LogP contribution in [0.4, 0.5) is 0 Å². The number of hydrogen-bond donors (Lipinski definition) is 2. The maximum absolute atomic E-state index is 13.5. The average molecular weight is 510 g/mol. The Hall–Kier alpha value is -2.86. The molecule has 0 spiro atoms. The number of thioether (sulfide) groups is 1. The van der Waals surface area contributed by atoms with Gasteiger partial charge in [0.2, 0.25) is 11.8 Å². The van der Waals surface area contributed by atoms with Crippen LogP contribution in [0.1, 0.15) is 38.5 Å². The summed E-state index contributed by atoms with van der Waals surface area (Å²) in [5.74, 6) is -3.31. The van der Waals surface area contributed by atoms with Crippen molar-refractivity contribution in [2.24, 2.45) is 5.92 Å². The van der Waals surface area contributed by atoms with Crippen LogP contribution in [0.3, 0.4) is 0 Å². The summed E-state index contributed by atoms with van der Waals surface area (Å²) in [4.78, 5) is 64.7. The second kappa shape index (κ2) is 10.6. The summed E-state index contributed by atoms with van der Waals surface area (Å²) < 4.78 is 9.98. The van der Waals surface area contributed by atoms with Crippen molar-refractivity contribution < 1.29 is 33.4 Å².